The number of Topliss-reactive ketones (excluding diaryl/α,β-unsaturated/α-hetero) is 1. The number of hydrogen-bond donors (Lipinski definition) is 0. The molecule has 0 saturated heterocycles. The number of nitrogens with zero attached hydrogens (tertiary/aromatic N) is 1. The normalized spacial score (nSPS) is 14.7. The van der Waals surface area contributed by atoms with Gasteiger partial charge < -0.3 is 0 Å². The van der Waals surface area contributed by atoms with Crippen molar-refractivity contribution in [3.05, 3.63) is 63.9 Å². The van der Waals surface area contributed by atoms with Crippen LogP contribution in [-0.4, -0.2) is 10.2 Å². The zero-order valence-corrected chi connectivity index (χ0v) is 10.9. The maximum absolute atomic E-state index is 12.4. The van der Waals surface area contributed by atoms with Crippen molar-refractivity contribution in [2.75, 3.05) is 0 Å². The Morgan fingerprint density at radius 1 is 0.900 bits per heavy atom. The highest BCUT2D eigenvalue weighted by molar-refractivity contribution is 6.05. The summed E-state index contributed by atoms with van der Waals surface area (Å²) in [4.78, 5) is 24.7. The Bertz CT molecular complexity index is 921. The topological polar surface area (TPSA) is 38.5 Å². The van der Waals surface area contributed by atoms with Crippen LogP contribution in [0.1, 0.15) is 28.8 Å². The minimum absolute atomic E-state index is 0.0507. The first-order valence-electron chi connectivity index (χ1n) is 6.85. The first kappa shape index (κ1) is 11.4. The summed E-state index contributed by atoms with van der Waals surface area (Å²) in [5, 5.41) is 1.00. The van der Waals surface area contributed by atoms with E-state index in [1.807, 2.05) is 36.4 Å². The SMILES string of the molecule is O=C1CCCc2cc(=O)n3c(ccc4ccccc43)c21. The zero-order valence-electron chi connectivity index (χ0n) is 10.9. The molecule has 2 heterocycles. The van der Waals surface area contributed by atoms with E-state index >= 15 is 0 Å². The fourth-order valence-electron chi connectivity index (χ4n) is 3.17. The van der Waals surface area contributed by atoms with Gasteiger partial charge in [-0.05, 0) is 35.9 Å². The zero-order chi connectivity index (χ0) is 13.7. The molecule has 1 aliphatic rings. The first-order chi connectivity index (χ1) is 9.75. The van der Waals surface area contributed by atoms with Gasteiger partial charge in [0.05, 0.1) is 11.0 Å². The summed E-state index contributed by atoms with van der Waals surface area (Å²) in [6.45, 7) is 0. The molecule has 98 valence electrons. The highest BCUT2D eigenvalue weighted by Crippen LogP contribution is 2.26. The Labute approximate surface area is 115 Å². The predicted octanol–water partition coefficient (Wildman–Crippen LogP) is 2.97. The van der Waals surface area contributed by atoms with E-state index in [9.17, 15) is 9.59 Å². The number of aromatic nitrogens is 1. The fraction of sp³-hybridized carbons (Fsp3) is 0.176. The van der Waals surface area contributed by atoms with Crippen molar-refractivity contribution in [1.82, 2.24) is 4.40 Å². The molecule has 20 heavy (non-hydrogen) atoms. The second-order valence-corrected chi connectivity index (χ2v) is 5.27. The summed E-state index contributed by atoms with van der Waals surface area (Å²) < 4.78 is 1.66. The lowest BCUT2D eigenvalue weighted by molar-refractivity contribution is 0.0974. The maximum atomic E-state index is 12.4. The van der Waals surface area contributed by atoms with Gasteiger partial charge in [0, 0.05) is 18.1 Å². The van der Waals surface area contributed by atoms with E-state index < -0.39 is 0 Å². The van der Waals surface area contributed by atoms with Crippen LogP contribution >= 0.6 is 0 Å². The molecule has 1 aromatic carbocycles. The molecule has 0 saturated carbocycles. The van der Waals surface area contributed by atoms with E-state index in [2.05, 4.69) is 0 Å². The van der Waals surface area contributed by atoms with E-state index in [0.29, 0.717) is 6.42 Å². The van der Waals surface area contributed by atoms with Gasteiger partial charge in [0.15, 0.2) is 5.78 Å². The molecule has 0 unspecified atom stereocenters. The highest BCUT2D eigenvalue weighted by atomic mass is 16.1. The summed E-state index contributed by atoms with van der Waals surface area (Å²) >= 11 is 0. The average Bonchev–Trinajstić information content (AvgIpc) is 2.46. The summed E-state index contributed by atoms with van der Waals surface area (Å²) in [6.07, 6.45) is 2.24. The van der Waals surface area contributed by atoms with Gasteiger partial charge in [0.2, 0.25) is 0 Å². The number of hydrogen-bond acceptors (Lipinski definition) is 2. The van der Waals surface area contributed by atoms with Gasteiger partial charge in [-0.2, -0.15) is 0 Å². The van der Waals surface area contributed by atoms with Crippen molar-refractivity contribution in [2.24, 2.45) is 0 Å². The Hall–Kier alpha value is -2.42. The van der Waals surface area contributed by atoms with Crippen LogP contribution in [0.15, 0.2) is 47.3 Å². The van der Waals surface area contributed by atoms with Crippen molar-refractivity contribution in [1.29, 1.82) is 0 Å². The Morgan fingerprint density at radius 2 is 1.75 bits per heavy atom. The van der Waals surface area contributed by atoms with Crippen LogP contribution < -0.4 is 5.56 Å². The third-order valence-corrected chi connectivity index (χ3v) is 4.06. The molecule has 0 spiro atoms. The summed E-state index contributed by atoms with van der Waals surface area (Å²) in [5.41, 5.74) is 3.19. The molecule has 0 atom stereocenters. The molecule has 1 aliphatic carbocycles. The smallest absolute Gasteiger partial charge is 0.255 e. The third-order valence-electron chi connectivity index (χ3n) is 4.06. The van der Waals surface area contributed by atoms with Gasteiger partial charge in [-0.15, -0.1) is 0 Å². The lowest BCUT2D eigenvalue weighted by Crippen LogP contribution is -2.21. The molecule has 3 aromatic rings. The van der Waals surface area contributed by atoms with Crippen LogP contribution in [0.25, 0.3) is 16.4 Å². The maximum Gasteiger partial charge on any atom is 0.255 e. The summed E-state index contributed by atoms with van der Waals surface area (Å²) in [6, 6.07) is 13.3. The first-order valence-corrected chi connectivity index (χ1v) is 6.85. The number of rotatable bonds is 0. The standard InChI is InChI=1S/C17H13NO2/c19-15-7-3-5-12-10-16(20)18-13-6-2-1-4-11(13)8-9-14(18)17(12)15/h1-2,4,6,8-10H,3,5,7H2. The number of aryl methyl sites for hydroxylation is 1. The van der Waals surface area contributed by atoms with Crippen LogP contribution in [0.5, 0.6) is 0 Å². The number of carbonyl (C=O) groups excluding carboxylic acids is 1. The second-order valence-electron chi connectivity index (χ2n) is 5.27. The lowest BCUT2D eigenvalue weighted by atomic mass is 9.90. The van der Waals surface area contributed by atoms with Crippen LogP contribution in [0, 0.1) is 0 Å². The molecular formula is C17H13NO2. The van der Waals surface area contributed by atoms with Crippen LogP contribution in [0.4, 0.5) is 0 Å². The molecular weight excluding hydrogens is 250 g/mol. The predicted molar refractivity (Wildman–Crippen MR) is 78.4 cm³/mol. The van der Waals surface area contributed by atoms with Gasteiger partial charge in [0.25, 0.3) is 5.56 Å². The number of pyridine rings is 2. The molecule has 0 fully saturated rings. The van der Waals surface area contributed by atoms with E-state index in [1.54, 1.807) is 10.5 Å². The Kier molecular flexibility index (Phi) is 2.30. The minimum Gasteiger partial charge on any atom is -0.294 e. The van der Waals surface area contributed by atoms with Gasteiger partial charge in [0.1, 0.15) is 0 Å². The van der Waals surface area contributed by atoms with Crippen LogP contribution in [-0.2, 0) is 6.42 Å². The van der Waals surface area contributed by atoms with E-state index in [1.165, 1.54) is 0 Å². The molecule has 0 N–H and O–H groups in total. The fourth-order valence-corrected chi connectivity index (χ4v) is 3.17. The number of ketones is 1. The average molecular weight is 263 g/mol. The molecule has 0 aliphatic heterocycles. The number of fused-ring (bicyclic) bond motifs is 5. The largest absolute Gasteiger partial charge is 0.294 e. The highest BCUT2D eigenvalue weighted by Gasteiger charge is 2.21. The van der Waals surface area contributed by atoms with Crippen molar-refractivity contribution in [3.8, 4) is 0 Å². The summed E-state index contributed by atoms with van der Waals surface area (Å²) in [5.74, 6) is 0.152. The molecule has 0 radical (unpaired) electrons. The molecule has 4 rings (SSSR count). The second kappa shape index (κ2) is 4.04. The van der Waals surface area contributed by atoms with Crippen molar-refractivity contribution in [3.63, 3.8) is 0 Å². The molecule has 3 heteroatoms. The molecule has 3 nitrogen and oxygen atoms in total. The van der Waals surface area contributed by atoms with Crippen LogP contribution in [0.2, 0.25) is 0 Å². The third kappa shape index (κ3) is 1.46. The molecule has 2 aromatic heterocycles. The van der Waals surface area contributed by atoms with E-state index in [-0.39, 0.29) is 11.3 Å². The van der Waals surface area contributed by atoms with Crippen molar-refractivity contribution in [2.45, 2.75) is 19.3 Å². The number of carbonyl (C=O) groups is 1. The van der Waals surface area contributed by atoms with E-state index in [0.717, 1.165) is 40.4 Å². The van der Waals surface area contributed by atoms with E-state index in [4.69, 9.17) is 0 Å². The van der Waals surface area contributed by atoms with Gasteiger partial charge in [-0.3, -0.25) is 14.0 Å². The number of para-hydroxylation sites is 1. The molecule has 0 amide bonds. The monoisotopic (exact) mass is 263 g/mol. The van der Waals surface area contributed by atoms with Crippen molar-refractivity contribution < 1.29 is 4.79 Å². The van der Waals surface area contributed by atoms with Crippen LogP contribution in [0.3, 0.4) is 0 Å². The number of benzene rings is 1. The van der Waals surface area contributed by atoms with Gasteiger partial charge >= 0.3 is 0 Å². The van der Waals surface area contributed by atoms with Gasteiger partial charge in [-0.1, -0.05) is 24.3 Å². The summed E-state index contributed by atoms with van der Waals surface area (Å²) in [7, 11) is 0. The van der Waals surface area contributed by atoms with Gasteiger partial charge in [-0.25, -0.2) is 0 Å². The minimum atomic E-state index is -0.0507. The quantitative estimate of drug-likeness (QED) is 0.585. The Morgan fingerprint density at radius 3 is 2.65 bits per heavy atom. The van der Waals surface area contributed by atoms with Crippen molar-refractivity contribution >= 4 is 22.2 Å². The molecule has 0 bridgehead atoms. The lowest BCUT2D eigenvalue weighted by Gasteiger charge is -2.17. The Balaban J connectivity index is 2.27.